The van der Waals surface area contributed by atoms with Crippen LogP contribution in [0.25, 0.3) is 177 Å². The Morgan fingerprint density at radius 2 is 0.325 bits per heavy atom. The van der Waals surface area contributed by atoms with Crippen molar-refractivity contribution in [1.29, 1.82) is 0 Å². The third-order valence-corrected chi connectivity index (χ3v) is 23.9. The predicted molar refractivity (Wildman–Crippen MR) is 511 cm³/mol. The van der Waals surface area contributed by atoms with E-state index in [0.717, 1.165) is 101 Å². The smallest absolute Gasteiger partial charge is 0.0468 e. The summed E-state index contributed by atoms with van der Waals surface area (Å²) in [5.41, 5.74) is 34.4. The first-order valence-corrected chi connectivity index (χ1v) is 41.3. The minimum Gasteiger partial charge on any atom is -0.311 e. The second kappa shape index (κ2) is 31.8. The highest BCUT2D eigenvalue weighted by atomic mass is 15.1. The van der Waals surface area contributed by atoms with Crippen LogP contribution in [0.5, 0.6) is 0 Å². The number of nitrogens with zero attached hydrogens (tertiary/aromatic N) is 2. The van der Waals surface area contributed by atoms with Crippen LogP contribution in [0.15, 0.2) is 485 Å². The minimum absolute atomic E-state index is 1.05. The Kier molecular flexibility index (Phi) is 19.1. The highest BCUT2D eigenvalue weighted by molar-refractivity contribution is 6.05. The average molecular weight is 1530 g/mol. The van der Waals surface area contributed by atoms with Crippen LogP contribution in [-0.4, -0.2) is 0 Å². The van der Waals surface area contributed by atoms with Crippen molar-refractivity contribution >= 4 is 77.2 Å². The average Bonchev–Trinajstić information content (AvgIpc) is 0.789. The molecule has 0 atom stereocenters. The summed E-state index contributed by atoms with van der Waals surface area (Å²) in [5.74, 6) is 0. The monoisotopic (exact) mass is 1520 g/mol. The Morgan fingerprint density at radius 1 is 0.100 bits per heavy atom. The molecule has 0 bridgehead atoms. The molecule has 0 heterocycles. The lowest BCUT2D eigenvalue weighted by atomic mass is 9.88. The molecule has 0 aliphatic rings. The Morgan fingerprint density at radius 3 is 0.717 bits per heavy atom. The van der Waals surface area contributed by atoms with Crippen molar-refractivity contribution in [2.24, 2.45) is 0 Å². The molecule has 21 aromatic rings. The van der Waals surface area contributed by atoms with Gasteiger partial charge in [0, 0.05) is 34.1 Å². The van der Waals surface area contributed by atoms with Crippen LogP contribution in [0.4, 0.5) is 34.1 Å². The molecule has 0 unspecified atom stereocenters. The molecule has 120 heavy (non-hydrogen) atoms. The molecule has 0 aromatic heterocycles. The van der Waals surface area contributed by atoms with Gasteiger partial charge in [0.1, 0.15) is 0 Å². The van der Waals surface area contributed by atoms with Crippen molar-refractivity contribution < 1.29 is 0 Å². The van der Waals surface area contributed by atoms with E-state index in [1.165, 1.54) is 110 Å². The molecular weight excluding hydrogens is 1450 g/mol. The van der Waals surface area contributed by atoms with Crippen LogP contribution in [0.1, 0.15) is 0 Å². The molecule has 2 heteroatoms. The quantitative estimate of drug-likeness (QED) is 0.0845. The van der Waals surface area contributed by atoms with Crippen LogP contribution in [-0.2, 0) is 0 Å². The Bertz CT molecular complexity index is 7200. The minimum atomic E-state index is 1.05. The van der Waals surface area contributed by atoms with E-state index in [1.807, 2.05) is 0 Å². The van der Waals surface area contributed by atoms with E-state index < -0.39 is 0 Å². The van der Waals surface area contributed by atoms with Gasteiger partial charge in [-0.3, -0.25) is 0 Å². The van der Waals surface area contributed by atoms with Gasteiger partial charge in [0.2, 0.25) is 0 Å². The van der Waals surface area contributed by atoms with Crippen LogP contribution < -0.4 is 9.80 Å². The number of hydrogen-bond acceptors (Lipinski definition) is 2. The molecule has 0 saturated heterocycles. The van der Waals surface area contributed by atoms with E-state index in [9.17, 15) is 0 Å². The summed E-state index contributed by atoms with van der Waals surface area (Å²) >= 11 is 0. The van der Waals surface area contributed by atoms with Gasteiger partial charge >= 0.3 is 0 Å². The van der Waals surface area contributed by atoms with Gasteiger partial charge in [0.15, 0.2) is 0 Å². The molecule has 0 radical (unpaired) electrons. The molecule has 0 amide bonds. The van der Waals surface area contributed by atoms with Gasteiger partial charge in [0.25, 0.3) is 0 Å². The number of anilines is 6. The van der Waals surface area contributed by atoms with E-state index in [4.69, 9.17) is 0 Å². The van der Waals surface area contributed by atoms with E-state index >= 15 is 0 Å². The van der Waals surface area contributed by atoms with Crippen molar-refractivity contribution in [1.82, 2.24) is 0 Å². The van der Waals surface area contributed by atoms with Crippen molar-refractivity contribution in [2.75, 3.05) is 9.80 Å². The molecule has 0 aliphatic heterocycles. The molecule has 0 fully saturated rings. The van der Waals surface area contributed by atoms with Gasteiger partial charge in [-0.05, 0) is 274 Å². The fraction of sp³-hybridized carbons (Fsp3) is 0. The molecule has 0 saturated carbocycles. The van der Waals surface area contributed by atoms with E-state index in [1.54, 1.807) is 0 Å². The van der Waals surface area contributed by atoms with Crippen LogP contribution >= 0.6 is 0 Å². The number of rotatable bonds is 18. The number of hydrogen-bond donors (Lipinski definition) is 0. The molecule has 2 nitrogen and oxygen atoms in total. The topological polar surface area (TPSA) is 6.48 Å². The summed E-state index contributed by atoms with van der Waals surface area (Å²) in [7, 11) is 0. The third-order valence-electron chi connectivity index (χ3n) is 23.9. The van der Waals surface area contributed by atoms with Crippen molar-refractivity contribution in [2.45, 2.75) is 0 Å². The second-order valence-electron chi connectivity index (χ2n) is 31.0. The number of fused-ring (bicyclic) bond motifs is 4. The predicted octanol–water partition coefficient (Wildman–Crippen LogP) is 33.2. The van der Waals surface area contributed by atoms with Crippen LogP contribution in [0, 0.1) is 0 Å². The fourth-order valence-corrected chi connectivity index (χ4v) is 17.9. The summed E-state index contributed by atoms with van der Waals surface area (Å²) in [4.78, 5) is 4.79. The zero-order valence-corrected chi connectivity index (χ0v) is 66.1. The van der Waals surface area contributed by atoms with Crippen molar-refractivity contribution in [3.8, 4) is 134 Å². The summed E-state index contributed by atoms with van der Waals surface area (Å²) in [6, 6.07) is 178. The highest BCUT2D eigenvalue weighted by Crippen LogP contribution is 2.47. The Balaban J connectivity index is 0.620. The maximum absolute atomic E-state index is 2.41. The Hall–Kier alpha value is -15.7. The highest BCUT2D eigenvalue weighted by Gasteiger charge is 2.22. The largest absolute Gasteiger partial charge is 0.311 e. The van der Waals surface area contributed by atoms with Crippen molar-refractivity contribution in [3.05, 3.63) is 485 Å². The van der Waals surface area contributed by atoms with Gasteiger partial charge in [-0.25, -0.2) is 0 Å². The molecule has 562 valence electrons. The molecule has 0 spiro atoms. The molecular formula is C118H80N2. The first kappa shape index (κ1) is 72.0. The first-order valence-electron chi connectivity index (χ1n) is 41.3. The first-order chi connectivity index (χ1) is 59.5. The summed E-state index contributed by atoms with van der Waals surface area (Å²) in [6.07, 6.45) is 0. The molecule has 0 N–H and O–H groups in total. The van der Waals surface area contributed by atoms with Gasteiger partial charge in [0.05, 0.1) is 0 Å². The SMILES string of the molecule is c1ccc(-c2ccc(N(c3ccc(-c4cccc(-c5cccc(-c6cc(-c7ccc(N(c8ccc(-c9cccc%10ccccc9%10)cc8)c8ccc(-c9cccc%10ccccc9%10)cc8)cc7)ccc6-c6cccc7ccccc67)c5)c4)cc3)c3ccc(-c4ccc(-c5cccc6ccccc56)c(-c5ccccc5)c4)cc3)cc2-c2ccccc2)cc1. The third kappa shape index (κ3) is 14.0. The lowest BCUT2D eigenvalue weighted by Gasteiger charge is -2.27. The normalized spacial score (nSPS) is 11.3. The molecule has 21 aromatic carbocycles. The summed E-state index contributed by atoms with van der Waals surface area (Å²) in [6.45, 7) is 0. The van der Waals surface area contributed by atoms with Gasteiger partial charge in [-0.15, -0.1) is 0 Å². The molecule has 21 rings (SSSR count). The van der Waals surface area contributed by atoms with Crippen LogP contribution in [0.2, 0.25) is 0 Å². The van der Waals surface area contributed by atoms with E-state index in [0.29, 0.717) is 0 Å². The zero-order chi connectivity index (χ0) is 79.7. The lowest BCUT2D eigenvalue weighted by molar-refractivity contribution is 1.28. The number of benzene rings is 21. The van der Waals surface area contributed by atoms with Crippen molar-refractivity contribution in [3.63, 3.8) is 0 Å². The van der Waals surface area contributed by atoms with E-state index in [-0.39, 0.29) is 0 Å². The van der Waals surface area contributed by atoms with Gasteiger partial charge in [-0.2, -0.15) is 0 Å². The summed E-state index contributed by atoms with van der Waals surface area (Å²) < 4.78 is 0. The zero-order valence-electron chi connectivity index (χ0n) is 66.1. The van der Waals surface area contributed by atoms with Crippen LogP contribution in [0.3, 0.4) is 0 Å². The van der Waals surface area contributed by atoms with E-state index in [2.05, 4.69) is 495 Å². The summed E-state index contributed by atoms with van der Waals surface area (Å²) in [5, 5.41) is 9.85. The fourth-order valence-electron chi connectivity index (χ4n) is 17.9. The maximum Gasteiger partial charge on any atom is 0.0468 e. The standard InChI is InChI=1S/C118H80N2/c1-4-24-84(25-5-1)111-75-72-104(80-118(111)90-28-8-3-9-29-90)120(103-66-54-82(55-67-103)96-60-73-114(116(78-96)89-26-6-2-7-27-89)112-48-22-36-87-32-12-16-44-109(87)112)102-64-50-81(51-65-102)93-38-18-39-94(76-93)95-40-19-41-98(77-95)117-79-97(61-74-115(117)113-49-23-37-88-33-13-17-45-110(88)113)83-52-62-99(63-53-83)119(100-68-56-91(57-69-100)107-46-20-34-85-30-10-14-42-105(85)107)101-70-58-92(59-71-101)108-47-21-35-86-31-11-15-43-106(86)108/h1-80H. The maximum atomic E-state index is 2.41. The lowest BCUT2D eigenvalue weighted by Crippen LogP contribution is -2.10. The molecule has 0 aliphatic carbocycles. The van der Waals surface area contributed by atoms with Gasteiger partial charge in [-0.1, -0.05) is 388 Å². The van der Waals surface area contributed by atoms with Gasteiger partial charge < -0.3 is 9.80 Å². The Labute approximate surface area is 701 Å². The second-order valence-corrected chi connectivity index (χ2v) is 31.0.